The van der Waals surface area contributed by atoms with Gasteiger partial charge >= 0.3 is 0 Å². The number of nitrogens with zero attached hydrogens (tertiary/aromatic N) is 6. The van der Waals surface area contributed by atoms with Gasteiger partial charge in [-0.15, -0.1) is 0 Å². The van der Waals surface area contributed by atoms with Crippen molar-refractivity contribution in [1.29, 1.82) is 0 Å². The van der Waals surface area contributed by atoms with Gasteiger partial charge in [0.15, 0.2) is 0 Å². The molecule has 2 fully saturated rings. The topological polar surface area (TPSA) is 176 Å². The standard InChI is InChI=1S/C22H18BrN3O3.C14H15NO3.C8H5BrN2O.CH4/c23-13-11-18-20(25-10-9-24-18)19(12-13)29-15-7-5-14(6-8-15)26-21(27)16-3-1-2-4-17(16)22(26)28;16-10-7-5-9(6-8-10)15-13(17)11-3-1-2-4-12(11)14(15)18;9-5-3-6-8(7(12)4-5)11-2-1-10-6;/h1-4,9-12,14-15H,5-8H2;1-4,9-10,16H,5-8H2;1-4,12H;1H4. The van der Waals surface area contributed by atoms with E-state index in [2.05, 4.69) is 51.8 Å². The molecule has 2 aromatic heterocycles. The number of aliphatic hydroxyl groups excluding tert-OH is 1. The van der Waals surface area contributed by atoms with Crippen molar-refractivity contribution in [3.8, 4) is 11.5 Å². The molecular weight excluding hydrogens is 896 g/mol. The van der Waals surface area contributed by atoms with Crippen LogP contribution >= 0.6 is 31.9 Å². The lowest BCUT2D eigenvalue weighted by atomic mass is 9.91. The number of aromatic nitrogens is 4. The van der Waals surface area contributed by atoms with Crippen molar-refractivity contribution >= 4 is 77.6 Å². The number of benzene rings is 4. The number of imide groups is 2. The van der Waals surface area contributed by atoms with Gasteiger partial charge in [-0.2, -0.15) is 0 Å². The second kappa shape index (κ2) is 18.3. The highest BCUT2D eigenvalue weighted by Crippen LogP contribution is 2.35. The van der Waals surface area contributed by atoms with Gasteiger partial charge in [0.2, 0.25) is 0 Å². The Labute approximate surface area is 363 Å². The van der Waals surface area contributed by atoms with Gasteiger partial charge in [-0.05, 0) is 99.9 Å². The van der Waals surface area contributed by atoms with Crippen LogP contribution in [0.3, 0.4) is 0 Å². The fourth-order valence-electron chi connectivity index (χ4n) is 8.12. The van der Waals surface area contributed by atoms with Crippen LogP contribution in [-0.2, 0) is 0 Å². The molecule has 10 rings (SSSR count). The minimum Gasteiger partial charge on any atom is -0.506 e. The van der Waals surface area contributed by atoms with E-state index < -0.39 is 0 Å². The molecular formula is C45H42Br2N6O7. The Morgan fingerprint density at radius 3 is 1.43 bits per heavy atom. The zero-order chi connectivity index (χ0) is 41.2. The molecule has 0 bridgehead atoms. The lowest BCUT2D eigenvalue weighted by Gasteiger charge is -2.33. The maximum atomic E-state index is 12.7. The largest absolute Gasteiger partial charge is 0.506 e. The summed E-state index contributed by atoms with van der Waals surface area (Å²) in [4.78, 5) is 69.5. The minimum atomic E-state index is -0.281. The van der Waals surface area contributed by atoms with Gasteiger partial charge in [0.05, 0.1) is 45.5 Å². The number of phenolic OH excluding ortho intramolecular Hbond substituents is 1. The van der Waals surface area contributed by atoms with Crippen molar-refractivity contribution in [3.05, 3.63) is 129 Å². The molecule has 4 heterocycles. The van der Waals surface area contributed by atoms with E-state index in [9.17, 15) is 29.4 Å². The third kappa shape index (κ3) is 8.65. The smallest absolute Gasteiger partial charge is 0.261 e. The van der Waals surface area contributed by atoms with E-state index in [1.807, 2.05) is 18.2 Å². The van der Waals surface area contributed by atoms with Crippen LogP contribution in [0.25, 0.3) is 22.1 Å². The summed E-state index contributed by atoms with van der Waals surface area (Å²) >= 11 is 6.76. The number of hydrogen-bond acceptors (Lipinski definition) is 11. The van der Waals surface area contributed by atoms with Gasteiger partial charge < -0.3 is 14.9 Å². The second-order valence-corrected chi connectivity index (χ2v) is 16.6. The van der Waals surface area contributed by atoms with Crippen molar-refractivity contribution < 1.29 is 34.1 Å². The molecule has 0 spiro atoms. The van der Waals surface area contributed by atoms with Crippen LogP contribution < -0.4 is 4.74 Å². The van der Waals surface area contributed by atoms with E-state index in [1.54, 1.807) is 79.4 Å². The number of phenols is 1. The summed E-state index contributed by atoms with van der Waals surface area (Å²) < 4.78 is 7.94. The van der Waals surface area contributed by atoms with Crippen LogP contribution in [0.4, 0.5) is 0 Å². The average molecular weight is 939 g/mol. The van der Waals surface area contributed by atoms with Crippen molar-refractivity contribution in [3.63, 3.8) is 0 Å². The Kier molecular flexibility index (Phi) is 13.0. The summed E-state index contributed by atoms with van der Waals surface area (Å²) in [6.45, 7) is 0. The van der Waals surface area contributed by atoms with E-state index >= 15 is 0 Å². The summed E-state index contributed by atoms with van der Waals surface area (Å²) in [5.74, 6) is 0.125. The quantitative estimate of drug-likeness (QED) is 0.162. The molecule has 0 radical (unpaired) electrons. The number of amides is 4. The maximum absolute atomic E-state index is 12.7. The number of aliphatic hydroxyl groups is 1. The molecule has 6 aromatic rings. The Morgan fingerprint density at radius 2 is 0.950 bits per heavy atom. The molecule has 2 aliphatic heterocycles. The summed E-state index contributed by atoms with van der Waals surface area (Å²) in [7, 11) is 0. The SMILES string of the molecule is C.O=C1c2ccccc2C(=O)N1C1CCC(O)CC1.O=C1c2ccccc2C(=O)N1C1CCC(Oc2cc(Br)cc3nccnc23)CC1.Oc1cc(Br)cc2nccnc12. The van der Waals surface area contributed by atoms with E-state index in [1.165, 1.54) is 9.80 Å². The number of hydrogen-bond donors (Lipinski definition) is 2. The second-order valence-electron chi connectivity index (χ2n) is 14.7. The van der Waals surface area contributed by atoms with E-state index in [4.69, 9.17) is 4.74 Å². The zero-order valence-corrected chi connectivity index (χ0v) is 34.8. The van der Waals surface area contributed by atoms with Crippen molar-refractivity contribution in [2.75, 3.05) is 0 Å². The predicted molar refractivity (Wildman–Crippen MR) is 232 cm³/mol. The molecule has 0 saturated heterocycles. The first-order valence-electron chi connectivity index (χ1n) is 19.4. The molecule has 4 aromatic carbocycles. The monoisotopic (exact) mass is 936 g/mol. The Hall–Kier alpha value is -5.64. The van der Waals surface area contributed by atoms with Gasteiger partial charge in [-0.1, -0.05) is 63.6 Å². The third-order valence-electron chi connectivity index (χ3n) is 11.0. The summed E-state index contributed by atoms with van der Waals surface area (Å²) in [6.07, 6.45) is 11.9. The summed E-state index contributed by atoms with van der Waals surface area (Å²) in [5, 5.41) is 18.9. The van der Waals surface area contributed by atoms with Crippen molar-refractivity contribution in [2.45, 2.75) is 83.1 Å². The highest BCUT2D eigenvalue weighted by Gasteiger charge is 2.42. The van der Waals surface area contributed by atoms with Gasteiger partial charge in [-0.25, -0.2) is 9.97 Å². The molecule has 13 nitrogen and oxygen atoms in total. The molecule has 15 heteroatoms. The normalized spacial score (nSPS) is 20.7. The Bertz CT molecular complexity index is 2520. The molecule has 60 heavy (non-hydrogen) atoms. The first-order chi connectivity index (χ1) is 28.6. The van der Waals surface area contributed by atoms with E-state index in [0.29, 0.717) is 64.7 Å². The fourth-order valence-corrected chi connectivity index (χ4v) is 8.98. The number of carbonyl (C=O) groups is 4. The first-order valence-corrected chi connectivity index (χ1v) is 20.9. The van der Waals surface area contributed by atoms with Crippen LogP contribution in [0.1, 0.15) is 100 Å². The predicted octanol–water partition coefficient (Wildman–Crippen LogP) is 8.70. The molecule has 2 aliphatic carbocycles. The van der Waals surface area contributed by atoms with Crippen LogP contribution in [0.2, 0.25) is 0 Å². The fraction of sp³-hybridized carbons (Fsp3) is 0.289. The lowest BCUT2D eigenvalue weighted by Crippen LogP contribution is -2.43. The van der Waals surface area contributed by atoms with Gasteiger partial charge in [0.25, 0.3) is 23.6 Å². The van der Waals surface area contributed by atoms with Gasteiger partial charge in [0, 0.05) is 45.8 Å². The molecule has 0 atom stereocenters. The lowest BCUT2D eigenvalue weighted by molar-refractivity contribution is 0.0446. The summed E-state index contributed by atoms with van der Waals surface area (Å²) in [5.41, 5.74) is 4.76. The van der Waals surface area contributed by atoms with E-state index in [0.717, 1.165) is 45.7 Å². The number of aromatic hydroxyl groups is 1. The summed E-state index contributed by atoms with van der Waals surface area (Å²) in [6, 6.07) is 21.1. The highest BCUT2D eigenvalue weighted by molar-refractivity contribution is 9.10. The minimum absolute atomic E-state index is 0. The van der Waals surface area contributed by atoms with Crippen LogP contribution in [0, 0.1) is 0 Å². The van der Waals surface area contributed by atoms with Crippen LogP contribution in [0.5, 0.6) is 11.5 Å². The van der Waals surface area contributed by atoms with Crippen molar-refractivity contribution in [1.82, 2.24) is 29.7 Å². The molecule has 2 N–H and O–H groups in total. The number of rotatable bonds is 4. The molecule has 4 aliphatic rings. The molecule has 0 unspecified atom stereocenters. The van der Waals surface area contributed by atoms with Gasteiger partial charge in [0.1, 0.15) is 22.5 Å². The Morgan fingerprint density at radius 1 is 0.550 bits per heavy atom. The number of halogens is 2. The number of ether oxygens (including phenoxy) is 1. The molecule has 2 saturated carbocycles. The highest BCUT2D eigenvalue weighted by atomic mass is 79.9. The zero-order valence-electron chi connectivity index (χ0n) is 31.6. The molecule has 4 amide bonds. The number of fused-ring (bicyclic) bond motifs is 4. The Balaban J connectivity index is 0.000000149. The average Bonchev–Trinajstić information content (AvgIpc) is 3.65. The van der Waals surface area contributed by atoms with Gasteiger partial charge in [-0.3, -0.25) is 38.9 Å². The number of carbonyl (C=O) groups excluding carboxylic acids is 4. The van der Waals surface area contributed by atoms with Crippen molar-refractivity contribution in [2.24, 2.45) is 0 Å². The molecule has 308 valence electrons. The first kappa shape index (κ1) is 42.5. The van der Waals surface area contributed by atoms with Crippen LogP contribution in [-0.4, -0.2) is 87.9 Å². The maximum Gasteiger partial charge on any atom is 0.261 e. The van der Waals surface area contributed by atoms with Crippen LogP contribution in [0.15, 0.2) is 107 Å². The third-order valence-corrected chi connectivity index (χ3v) is 11.9. The van der Waals surface area contributed by atoms with E-state index in [-0.39, 0.29) is 61.1 Å².